The predicted octanol–water partition coefficient (Wildman–Crippen LogP) is 1.19. The van der Waals surface area contributed by atoms with E-state index in [-0.39, 0.29) is 12.0 Å². The number of amides is 1. The Labute approximate surface area is 106 Å². The molecule has 1 fully saturated rings. The van der Waals surface area contributed by atoms with Crippen LogP contribution in [0.15, 0.2) is 18.2 Å². The molecule has 18 heavy (non-hydrogen) atoms. The lowest BCUT2D eigenvalue weighted by Gasteiger charge is -2.13. The summed E-state index contributed by atoms with van der Waals surface area (Å²) in [5, 5.41) is 2.83. The summed E-state index contributed by atoms with van der Waals surface area (Å²) in [7, 11) is 1.53. The molecule has 1 aliphatic rings. The molecule has 5 heteroatoms. The third-order valence-corrected chi connectivity index (χ3v) is 3.04. The Kier molecular flexibility index (Phi) is 4.04. The second kappa shape index (κ2) is 5.73. The first kappa shape index (κ1) is 12.7. The second-order valence-corrected chi connectivity index (χ2v) is 4.27. The lowest BCUT2D eigenvalue weighted by atomic mass is 10.1. The molecule has 2 rings (SSSR count). The Bertz CT molecular complexity index is 428. The van der Waals surface area contributed by atoms with Crippen LogP contribution in [-0.4, -0.2) is 32.3 Å². The summed E-state index contributed by atoms with van der Waals surface area (Å²) in [5.41, 5.74) is 6.66. The van der Waals surface area contributed by atoms with Gasteiger partial charge in [0.25, 0.3) is 5.91 Å². The molecule has 1 aromatic carbocycles. The zero-order valence-corrected chi connectivity index (χ0v) is 10.4. The number of nitrogens with one attached hydrogen (secondary N) is 1. The Morgan fingerprint density at radius 3 is 3.11 bits per heavy atom. The van der Waals surface area contributed by atoms with E-state index in [9.17, 15) is 4.79 Å². The van der Waals surface area contributed by atoms with Gasteiger partial charge in [0.1, 0.15) is 5.75 Å². The quantitative estimate of drug-likeness (QED) is 0.787. The highest BCUT2D eigenvalue weighted by atomic mass is 16.5. The zero-order chi connectivity index (χ0) is 13.0. The third-order valence-electron chi connectivity index (χ3n) is 3.04. The monoisotopic (exact) mass is 250 g/mol. The number of rotatable bonds is 4. The molecular weight excluding hydrogens is 232 g/mol. The van der Waals surface area contributed by atoms with E-state index >= 15 is 0 Å². The van der Waals surface area contributed by atoms with Crippen LogP contribution in [0.4, 0.5) is 5.69 Å². The molecule has 1 amide bonds. The molecule has 1 saturated heterocycles. The van der Waals surface area contributed by atoms with E-state index in [1.165, 1.54) is 7.11 Å². The van der Waals surface area contributed by atoms with Crippen LogP contribution in [0.2, 0.25) is 0 Å². The SMILES string of the molecule is COc1cccc(C(=O)NCC2CCCO2)c1N. The molecule has 98 valence electrons. The van der Waals surface area contributed by atoms with Gasteiger partial charge in [0.15, 0.2) is 0 Å². The molecule has 1 unspecified atom stereocenters. The predicted molar refractivity (Wildman–Crippen MR) is 68.7 cm³/mol. The Morgan fingerprint density at radius 2 is 2.44 bits per heavy atom. The number of hydrogen-bond acceptors (Lipinski definition) is 4. The van der Waals surface area contributed by atoms with Crippen LogP contribution in [-0.2, 0) is 4.74 Å². The van der Waals surface area contributed by atoms with E-state index in [0.717, 1.165) is 19.4 Å². The average molecular weight is 250 g/mol. The number of nitrogens with two attached hydrogens (primary N) is 1. The van der Waals surface area contributed by atoms with Gasteiger partial charge in [-0.05, 0) is 25.0 Å². The molecule has 0 aliphatic carbocycles. The van der Waals surface area contributed by atoms with Crippen molar-refractivity contribution in [3.8, 4) is 5.75 Å². The second-order valence-electron chi connectivity index (χ2n) is 4.27. The summed E-state index contributed by atoms with van der Waals surface area (Å²) < 4.78 is 10.5. The maximum Gasteiger partial charge on any atom is 0.253 e. The van der Waals surface area contributed by atoms with E-state index in [1.54, 1.807) is 18.2 Å². The molecule has 1 heterocycles. The number of hydrogen-bond donors (Lipinski definition) is 2. The maximum absolute atomic E-state index is 12.0. The van der Waals surface area contributed by atoms with Crippen LogP contribution in [0.1, 0.15) is 23.2 Å². The molecule has 3 N–H and O–H groups in total. The average Bonchev–Trinajstić information content (AvgIpc) is 2.89. The molecule has 0 saturated carbocycles. The fraction of sp³-hybridized carbons (Fsp3) is 0.462. The highest BCUT2D eigenvalue weighted by Gasteiger charge is 2.18. The van der Waals surface area contributed by atoms with Gasteiger partial charge < -0.3 is 20.5 Å². The van der Waals surface area contributed by atoms with Crippen molar-refractivity contribution in [1.29, 1.82) is 0 Å². The van der Waals surface area contributed by atoms with Crippen molar-refractivity contribution in [3.05, 3.63) is 23.8 Å². The molecule has 0 spiro atoms. The van der Waals surface area contributed by atoms with E-state index in [4.69, 9.17) is 15.2 Å². The summed E-state index contributed by atoms with van der Waals surface area (Å²) in [4.78, 5) is 12.0. The van der Waals surface area contributed by atoms with Gasteiger partial charge in [0, 0.05) is 13.2 Å². The van der Waals surface area contributed by atoms with Crippen LogP contribution >= 0.6 is 0 Å². The van der Waals surface area contributed by atoms with Crippen molar-refractivity contribution >= 4 is 11.6 Å². The van der Waals surface area contributed by atoms with Crippen molar-refractivity contribution in [1.82, 2.24) is 5.32 Å². The molecule has 1 aliphatic heterocycles. The van der Waals surface area contributed by atoms with Crippen molar-refractivity contribution < 1.29 is 14.3 Å². The van der Waals surface area contributed by atoms with Crippen LogP contribution in [0.25, 0.3) is 0 Å². The maximum atomic E-state index is 12.0. The first-order chi connectivity index (χ1) is 8.72. The number of ether oxygens (including phenoxy) is 2. The van der Waals surface area contributed by atoms with Gasteiger partial charge in [0.2, 0.25) is 0 Å². The summed E-state index contributed by atoms with van der Waals surface area (Å²) >= 11 is 0. The topological polar surface area (TPSA) is 73.6 Å². The largest absolute Gasteiger partial charge is 0.495 e. The number of anilines is 1. The number of nitrogen functional groups attached to an aromatic ring is 1. The van der Waals surface area contributed by atoms with Crippen LogP contribution < -0.4 is 15.8 Å². The highest BCUT2D eigenvalue weighted by molar-refractivity contribution is 6.00. The Balaban J connectivity index is 1.99. The summed E-state index contributed by atoms with van der Waals surface area (Å²) in [6, 6.07) is 5.16. The van der Waals surface area contributed by atoms with Crippen molar-refractivity contribution in [2.45, 2.75) is 18.9 Å². The molecule has 5 nitrogen and oxygen atoms in total. The van der Waals surface area contributed by atoms with Crippen molar-refractivity contribution in [3.63, 3.8) is 0 Å². The molecule has 1 atom stereocenters. The fourth-order valence-electron chi connectivity index (χ4n) is 2.03. The lowest BCUT2D eigenvalue weighted by Crippen LogP contribution is -2.32. The fourth-order valence-corrected chi connectivity index (χ4v) is 2.03. The molecule has 1 aromatic rings. The van der Waals surface area contributed by atoms with Crippen molar-refractivity contribution in [2.75, 3.05) is 26.0 Å². The van der Waals surface area contributed by atoms with Gasteiger partial charge in [-0.15, -0.1) is 0 Å². The smallest absolute Gasteiger partial charge is 0.253 e. The third kappa shape index (κ3) is 2.73. The number of methoxy groups -OCH3 is 1. The summed E-state index contributed by atoms with van der Waals surface area (Å²) in [5.74, 6) is 0.321. The number of benzene rings is 1. The Hall–Kier alpha value is -1.75. The number of para-hydroxylation sites is 1. The van der Waals surface area contributed by atoms with E-state index in [1.807, 2.05) is 0 Å². The van der Waals surface area contributed by atoms with Gasteiger partial charge in [-0.2, -0.15) is 0 Å². The van der Waals surface area contributed by atoms with E-state index < -0.39 is 0 Å². The van der Waals surface area contributed by atoms with Crippen LogP contribution in [0, 0.1) is 0 Å². The minimum atomic E-state index is -0.193. The minimum Gasteiger partial charge on any atom is -0.495 e. The van der Waals surface area contributed by atoms with E-state index in [0.29, 0.717) is 23.5 Å². The molecule has 0 aromatic heterocycles. The normalized spacial score (nSPS) is 18.6. The molecule has 0 bridgehead atoms. The van der Waals surface area contributed by atoms with Gasteiger partial charge >= 0.3 is 0 Å². The van der Waals surface area contributed by atoms with Gasteiger partial charge in [-0.3, -0.25) is 4.79 Å². The number of carbonyl (C=O) groups excluding carboxylic acids is 1. The first-order valence-corrected chi connectivity index (χ1v) is 6.04. The Morgan fingerprint density at radius 1 is 1.61 bits per heavy atom. The minimum absolute atomic E-state index is 0.126. The lowest BCUT2D eigenvalue weighted by molar-refractivity contribution is 0.0858. The standard InChI is InChI=1S/C13H18N2O3/c1-17-11-6-2-5-10(12(11)14)13(16)15-8-9-4-3-7-18-9/h2,5-6,9H,3-4,7-8,14H2,1H3,(H,15,16). The van der Waals surface area contributed by atoms with Crippen molar-refractivity contribution in [2.24, 2.45) is 0 Å². The van der Waals surface area contributed by atoms with Crippen LogP contribution in [0.3, 0.4) is 0 Å². The molecule has 0 radical (unpaired) electrons. The van der Waals surface area contributed by atoms with Gasteiger partial charge in [0.05, 0.1) is 24.5 Å². The molecular formula is C13H18N2O3. The number of carbonyl (C=O) groups is 1. The van der Waals surface area contributed by atoms with E-state index in [2.05, 4.69) is 5.32 Å². The van der Waals surface area contributed by atoms with Gasteiger partial charge in [-0.25, -0.2) is 0 Å². The zero-order valence-electron chi connectivity index (χ0n) is 10.4. The summed E-state index contributed by atoms with van der Waals surface area (Å²) in [6.45, 7) is 1.30. The van der Waals surface area contributed by atoms with Crippen LogP contribution in [0.5, 0.6) is 5.75 Å². The highest BCUT2D eigenvalue weighted by Crippen LogP contribution is 2.24. The summed E-state index contributed by atoms with van der Waals surface area (Å²) in [6.07, 6.45) is 2.18. The van der Waals surface area contributed by atoms with Gasteiger partial charge in [-0.1, -0.05) is 6.07 Å². The first-order valence-electron chi connectivity index (χ1n) is 6.04.